The molecule has 7 heteroatoms. The minimum Gasteiger partial charge on any atom is -0.507 e. The van der Waals surface area contributed by atoms with Gasteiger partial charge in [0.1, 0.15) is 17.9 Å². The maximum absolute atomic E-state index is 13.2. The van der Waals surface area contributed by atoms with E-state index in [1.165, 1.54) is 11.0 Å². The molecule has 0 unspecified atom stereocenters. The van der Waals surface area contributed by atoms with Gasteiger partial charge in [-0.05, 0) is 36.6 Å². The molecule has 0 spiro atoms. The average Bonchev–Trinajstić information content (AvgIpc) is 2.66. The van der Waals surface area contributed by atoms with E-state index in [1.807, 2.05) is 0 Å². The number of phenols is 1. The molecule has 0 radical (unpaired) electrons. The number of anilines is 2. The smallest absolute Gasteiger partial charge is 0.342 e. The number of amides is 2. The minimum atomic E-state index is -1.11. The van der Waals surface area contributed by atoms with Gasteiger partial charge in [-0.15, -0.1) is 0 Å². The molecule has 1 aliphatic heterocycles. The lowest BCUT2D eigenvalue weighted by atomic mass is 10.0. The van der Waals surface area contributed by atoms with Gasteiger partial charge in [-0.3, -0.25) is 14.5 Å². The number of rotatable bonds is 4. The number of esters is 1. The topological polar surface area (TPSA) is 95.9 Å². The number of aromatic hydroxyl groups is 1. The van der Waals surface area contributed by atoms with Crippen molar-refractivity contribution in [1.82, 2.24) is 0 Å². The van der Waals surface area contributed by atoms with E-state index >= 15 is 0 Å². The molecule has 0 bridgehead atoms. The lowest BCUT2D eigenvalue weighted by Gasteiger charge is -2.32. The summed E-state index contributed by atoms with van der Waals surface area (Å²) in [5.74, 6) is -2.11. The molecule has 1 heterocycles. The third-order valence-corrected chi connectivity index (χ3v) is 4.58. The zero-order chi connectivity index (χ0) is 20.4. The van der Waals surface area contributed by atoms with E-state index in [1.54, 1.807) is 57.2 Å². The molecular formula is C21H22N2O5. The number of ether oxygens (including phenoxy) is 1. The lowest BCUT2D eigenvalue weighted by molar-refractivity contribution is -0.130. The number of nitrogens with one attached hydrogen (secondary N) is 1. The van der Waals surface area contributed by atoms with Crippen LogP contribution in [0.5, 0.6) is 5.75 Å². The Bertz CT molecular complexity index is 938. The molecule has 146 valence electrons. The van der Waals surface area contributed by atoms with Gasteiger partial charge < -0.3 is 15.2 Å². The minimum absolute atomic E-state index is 0.00441. The molecule has 2 aromatic carbocycles. The van der Waals surface area contributed by atoms with Crippen LogP contribution in [0.25, 0.3) is 0 Å². The van der Waals surface area contributed by atoms with Gasteiger partial charge in [0, 0.05) is 0 Å². The van der Waals surface area contributed by atoms with Crippen molar-refractivity contribution in [2.45, 2.75) is 26.9 Å². The number of carbonyl (C=O) groups is 3. The number of fused-ring (bicyclic) bond motifs is 1. The predicted molar refractivity (Wildman–Crippen MR) is 104 cm³/mol. The lowest BCUT2D eigenvalue weighted by Crippen LogP contribution is -2.49. The van der Waals surface area contributed by atoms with Crippen LogP contribution < -0.4 is 10.2 Å². The third kappa shape index (κ3) is 3.69. The van der Waals surface area contributed by atoms with Crippen LogP contribution in [0.15, 0.2) is 42.5 Å². The summed E-state index contributed by atoms with van der Waals surface area (Å²) in [5.41, 5.74) is 1.60. The number of carbonyl (C=O) groups excluding carboxylic acids is 3. The van der Waals surface area contributed by atoms with Crippen LogP contribution in [0.4, 0.5) is 11.4 Å². The second-order valence-corrected chi connectivity index (χ2v) is 7.03. The summed E-state index contributed by atoms with van der Waals surface area (Å²) in [6, 6.07) is 11.7. The van der Waals surface area contributed by atoms with E-state index in [0.717, 1.165) is 0 Å². The Hall–Kier alpha value is -3.35. The highest BCUT2D eigenvalue weighted by molar-refractivity contribution is 6.11. The first-order valence-electron chi connectivity index (χ1n) is 8.99. The van der Waals surface area contributed by atoms with E-state index in [2.05, 4.69) is 5.32 Å². The van der Waals surface area contributed by atoms with Crippen LogP contribution in [0.2, 0.25) is 0 Å². The molecule has 0 aromatic heterocycles. The zero-order valence-electron chi connectivity index (χ0n) is 15.9. The van der Waals surface area contributed by atoms with Crippen LogP contribution in [0.3, 0.4) is 0 Å². The number of nitrogens with zero attached hydrogens (tertiary/aromatic N) is 1. The van der Waals surface area contributed by atoms with Gasteiger partial charge in [-0.2, -0.15) is 0 Å². The maximum atomic E-state index is 13.2. The maximum Gasteiger partial charge on any atom is 0.342 e. The number of benzene rings is 2. The summed E-state index contributed by atoms with van der Waals surface area (Å²) in [4.78, 5) is 39.1. The van der Waals surface area contributed by atoms with E-state index in [-0.39, 0.29) is 29.7 Å². The van der Waals surface area contributed by atoms with Gasteiger partial charge in [-0.1, -0.05) is 38.1 Å². The first-order chi connectivity index (χ1) is 13.3. The number of para-hydroxylation sites is 3. The predicted octanol–water partition coefficient (Wildman–Crippen LogP) is 2.87. The Labute approximate surface area is 162 Å². The van der Waals surface area contributed by atoms with Crippen LogP contribution in [-0.4, -0.2) is 35.5 Å². The monoisotopic (exact) mass is 382 g/mol. The van der Waals surface area contributed by atoms with Gasteiger partial charge in [0.25, 0.3) is 5.91 Å². The summed E-state index contributed by atoms with van der Waals surface area (Å²) in [6.07, 6.45) is -1.11. The normalized spacial score (nSPS) is 14.3. The number of hydrogen-bond donors (Lipinski definition) is 2. The standard InChI is InChI=1S/C21H22N2O5/c1-12(2)19(28-21(27)14-8-6-7-13(3)18(14)25)20(26)23-11-17(24)22-15-9-4-5-10-16(15)23/h4-10,12,19,25H,11H2,1-3H3,(H,22,24)/t19-/m0/s1. The molecule has 1 aliphatic rings. The summed E-state index contributed by atoms with van der Waals surface area (Å²) in [7, 11) is 0. The third-order valence-electron chi connectivity index (χ3n) is 4.58. The highest BCUT2D eigenvalue weighted by Crippen LogP contribution is 2.31. The summed E-state index contributed by atoms with van der Waals surface area (Å²) < 4.78 is 5.48. The van der Waals surface area contributed by atoms with E-state index in [9.17, 15) is 19.5 Å². The second-order valence-electron chi connectivity index (χ2n) is 7.03. The van der Waals surface area contributed by atoms with Gasteiger partial charge in [0.15, 0.2) is 6.10 Å². The first kappa shape index (κ1) is 19.4. The fraction of sp³-hybridized carbons (Fsp3) is 0.286. The van der Waals surface area contributed by atoms with Crippen LogP contribution >= 0.6 is 0 Å². The average molecular weight is 382 g/mol. The molecule has 0 saturated heterocycles. The number of hydrogen-bond acceptors (Lipinski definition) is 5. The van der Waals surface area contributed by atoms with Crippen molar-refractivity contribution in [1.29, 1.82) is 0 Å². The molecule has 2 amide bonds. The van der Waals surface area contributed by atoms with Crippen LogP contribution in [0.1, 0.15) is 29.8 Å². The first-order valence-corrected chi connectivity index (χ1v) is 8.99. The number of aryl methyl sites for hydroxylation is 1. The second kappa shape index (κ2) is 7.72. The fourth-order valence-corrected chi connectivity index (χ4v) is 3.06. The Morgan fingerprint density at radius 1 is 1.14 bits per heavy atom. The largest absolute Gasteiger partial charge is 0.507 e. The molecular weight excluding hydrogens is 360 g/mol. The Balaban J connectivity index is 1.89. The Morgan fingerprint density at radius 3 is 2.57 bits per heavy atom. The van der Waals surface area contributed by atoms with Crippen molar-refractivity contribution < 1.29 is 24.2 Å². The molecule has 28 heavy (non-hydrogen) atoms. The van der Waals surface area contributed by atoms with Crippen molar-refractivity contribution in [3.05, 3.63) is 53.6 Å². The van der Waals surface area contributed by atoms with E-state index < -0.39 is 18.0 Å². The summed E-state index contributed by atoms with van der Waals surface area (Å²) in [5, 5.41) is 12.8. The van der Waals surface area contributed by atoms with E-state index in [4.69, 9.17) is 4.74 Å². The van der Waals surface area contributed by atoms with E-state index in [0.29, 0.717) is 16.9 Å². The quantitative estimate of drug-likeness (QED) is 0.793. The Kier molecular flexibility index (Phi) is 5.35. The molecule has 2 N–H and O–H groups in total. The molecule has 3 rings (SSSR count). The summed E-state index contributed by atoms with van der Waals surface area (Å²) in [6.45, 7) is 5.01. The highest BCUT2D eigenvalue weighted by Gasteiger charge is 2.36. The Morgan fingerprint density at radius 2 is 1.86 bits per heavy atom. The van der Waals surface area contributed by atoms with Crippen molar-refractivity contribution in [2.75, 3.05) is 16.8 Å². The molecule has 0 saturated carbocycles. The molecule has 1 atom stereocenters. The van der Waals surface area contributed by atoms with Gasteiger partial charge >= 0.3 is 5.97 Å². The van der Waals surface area contributed by atoms with Crippen molar-refractivity contribution >= 4 is 29.2 Å². The summed E-state index contributed by atoms with van der Waals surface area (Å²) >= 11 is 0. The van der Waals surface area contributed by atoms with Gasteiger partial charge in [-0.25, -0.2) is 4.79 Å². The van der Waals surface area contributed by atoms with Gasteiger partial charge in [0.05, 0.1) is 11.4 Å². The molecule has 0 fully saturated rings. The fourth-order valence-electron chi connectivity index (χ4n) is 3.06. The van der Waals surface area contributed by atoms with Crippen LogP contribution in [-0.2, 0) is 14.3 Å². The SMILES string of the molecule is Cc1cccc(C(=O)O[C@H](C(=O)N2CC(=O)Nc3ccccc32)C(C)C)c1O. The van der Waals surface area contributed by atoms with Crippen LogP contribution in [0, 0.1) is 12.8 Å². The number of phenolic OH excluding ortho intramolecular Hbond substituents is 1. The van der Waals surface area contributed by atoms with Crippen molar-refractivity contribution in [2.24, 2.45) is 5.92 Å². The van der Waals surface area contributed by atoms with Crippen molar-refractivity contribution in [3.8, 4) is 5.75 Å². The molecule has 0 aliphatic carbocycles. The molecule has 7 nitrogen and oxygen atoms in total. The van der Waals surface area contributed by atoms with Crippen molar-refractivity contribution in [3.63, 3.8) is 0 Å². The molecule has 2 aromatic rings. The highest BCUT2D eigenvalue weighted by atomic mass is 16.5. The zero-order valence-corrected chi connectivity index (χ0v) is 15.9. The van der Waals surface area contributed by atoms with Gasteiger partial charge in [0.2, 0.25) is 5.91 Å².